The number of rotatable bonds is 3. The van der Waals surface area contributed by atoms with Gasteiger partial charge in [-0.3, -0.25) is 0 Å². The summed E-state index contributed by atoms with van der Waals surface area (Å²) in [6.07, 6.45) is 3.86. The molecule has 0 spiro atoms. The van der Waals surface area contributed by atoms with E-state index in [1.807, 2.05) is 43.3 Å². The van der Waals surface area contributed by atoms with Crippen LogP contribution in [0, 0.1) is 0 Å². The summed E-state index contributed by atoms with van der Waals surface area (Å²) in [7, 11) is 0. The average molecular weight is 287 g/mol. The molecule has 0 radical (unpaired) electrons. The Labute approximate surface area is 125 Å². The Bertz CT molecular complexity index is 597. The molecule has 2 aromatic rings. The Balaban J connectivity index is 1.95. The van der Waals surface area contributed by atoms with Crippen molar-refractivity contribution in [2.75, 3.05) is 0 Å². The summed E-state index contributed by atoms with van der Waals surface area (Å²) in [6.45, 7) is 1.84. The molecule has 1 saturated carbocycles. The fraction of sp³-hybridized carbons (Fsp3) is 0.333. The van der Waals surface area contributed by atoms with Gasteiger partial charge >= 0.3 is 0 Å². The van der Waals surface area contributed by atoms with Crippen molar-refractivity contribution in [1.82, 2.24) is 0 Å². The maximum Gasteiger partial charge on any atom is 0.112 e. The van der Waals surface area contributed by atoms with Gasteiger partial charge in [0.1, 0.15) is 5.60 Å². The first kappa shape index (κ1) is 13.7. The quantitative estimate of drug-likeness (QED) is 0.854. The smallest absolute Gasteiger partial charge is 0.112 e. The van der Waals surface area contributed by atoms with Crippen LogP contribution in [-0.4, -0.2) is 5.11 Å². The molecule has 1 nitrogen and oxygen atoms in total. The summed E-state index contributed by atoms with van der Waals surface area (Å²) < 4.78 is 0. The van der Waals surface area contributed by atoms with Crippen molar-refractivity contribution >= 4 is 11.6 Å². The van der Waals surface area contributed by atoms with Gasteiger partial charge < -0.3 is 5.11 Å². The van der Waals surface area contributed by atoms with Gasteiger partial charge in [-0.15, -0.1) is 0 Å². The summed E-state index contributed by atoms with van der Waals surface area (Å²) >= 11 is 5.92. The molecule has 2 heteroatoms. The van der Waals surface area contributed by atoms with Gasteiger partial charge in [0.05, 0.1) is 0 Å². The van der Waals surface area contributed by atoms with Crippen LogP contribution >= 0.6 is 11.6 Å². The first-order valence-electron chi connectivity index (χ1n) is 7.16. The minimum atomic E-state index is -0.982. The van der Waals surface area contributed by atoms with Gasteiger partial charge in [0, 0.05) is 5.02 Å². The van der Waals surface area contributed by atoms with Crippen molar-refractivity contribution in [2.24, 2.45) is 0 Å². The lowest BCUT2D eigenvalue weighted by Crippen LogP contribution is -2.23. The Kier molecular flexibility index (Phi) is 3.57. The van der Waals surface area contributed by atoms with Gasteiger partial charge in [-0.1, -0.05) is 54.4 Å². The van der Waals surface area contributed by atoms with E-state index in [9.17, 15) is 5.11 Å². The summed E-state index contributed by atoms with van der Waals surface area (Å²) in [5, 5.41) is 11.6. The molecule has 2 aromatic carbocycles. The van der Waals surface area contributed by atoms with Crippen molar-refractivity contribution in [3.05, 3.63) is 70.2 Å². The zero-order chi connectivity index (χ0) is 14.2. The van der Waals surface area contributed by atoms with Crippen LogP contribution in [-0.2, 0) is 5.60 Å². The number of hydrogen-bond donors (Lipinski definition) is 1. The highest BCUT2D eigenvalue weighted by molar-refractivity contribution is 6.30. The first-order valence-corrected chi connectivity index (χ1v) is 7.54. The zero-order valence-corrected chi connectivity index (χ0v) is 12.4. The van der Waals surface area contributed by atoms with Gasteiger partial charge in [0.25, 0.3) is 0 Å². The summed E-state index contributed by atoms with van der Waals surface area (Å²) in [5.41, 5.74) is 2.18. The van der Waals surface area contributed by atoms with Crippen LogP contribution in [0.25, 0.3) is 0 Å². The standard InChI is InChI=1S/C18H19ClO/c1-18(20,15-8-10-17(19)11-9-15)16-7-3-6-14(12-16)13-4-2-5-13/h3,6-13,20H,2,4-5H2,1H3. The second kappa shape index (κ2) is 5.23. The van der Waals surface area contributed by atoms with Gasteiger partial charge in [-0.05, 0) is 54.5 Å². The predicted molar refractivity (Wildman–Crippen MR) is 83.2 cm³/mol. The third kappa shape index (κ3) is 2.48. The minimum Gasteiger partial charge on any atom is -0.381 e. The van der Waals surface area contributed by atoms with Crippen LogP contribution in [0.4, 0.5) is 0 Å². The molecule has 1 atom stereocenters. The van der Waals surface area contributed by atoms with Crippen molar-refractivity contribution in [1.29, 1.82) is 0 Å². The molecule has 0 heterocycles. The molecule has 1 aliphatic rings. The lowest BCUT2D eigenvalue weighted by Gasteiger charge is -2.29. The van der Waals surface area contributed by atoms with E-state index < -0.39 is 5.60 Å². The molecule has 0 bridgehead atoms. The lowest BCUT2D eigenvalue weighted by molar-refractivity contribution is 0.102. The monoisotopic (exact) mass is 286 g/mol. The predicted octanol–water partition coefficient (Wildman–Crippen LogP) is 4.86. The lowest BCUT2D eigenvalue weighted by atomic mass is 9.78. The molecule has 0 saturated heterocycles. The molecule has 104 valence electrons. The topological polar surface area (TPSA) is 20.2 Å². The highest BCUT2D eigenvalue weighted by Crippen LogP contribution is 2.38. The number of aliphatic hydroxyl groups is 1. The number of benzene rings is 2. The molecule has 0 amide bonds. The third-order valence-electron chi connectivity index (χ3n) is 4.43. The minimum absolute atomic E-state index is 0.677. The Hall–Kier alpha value is -1.31. The molecule has 0 aromatic heterocycles. The molecule has 1 N–H and O–H groups in total. The SMILES string of the molecule is CC(O)(c1ccc(Cl)cc1)c1cccc(C2CCC2)c1. The van der Waals surface area contributed by atoms with Crippen molar-refractivity contribution in [2.45, 2.75) is 37.7 Å². The molecule has 1 unspecified atom stereocenters. The molecule has 3 rings (SSSR count). The first-order chi connectivity index (χ1) is 9.57. The van der Waals surface area contributed by atoms with Crippen LogP contribution in [0.5, 0.6) is 0 Å². The maximum absolute atomic E-state index is 10.9. The third-order valence-corrected chi connectivity index (χ3v) is 4.68. The van der Waals surface area contributed by atoms with E-state index in [0.717, 1.165) is 11.1 Å². The summed E-state index contributed by atoms with van der Waals surface area (Å²) in [4.78, 5) is 0. The number of hydrogen-bond acceptors (Lipinski definition) is 1. The number of halogens is 1. The summed E-state index contributed by atoms with van der Waals surface area (Å²) in [6, 6.07) is 15.8. The zero-order valence-electron chi connectivity index (χ0n) is 11.6. The van der Waals surface area contributed by atoms with E-state index >= 15 is 0 Å². The van der Waals surface area contributed by atoms with Crippen LogP contribution in [0.3, 0.4) is 0 Å². The molecule has 1 aliphatic carbocycles. The summed E-state index contributed by atoms with van der Waals surface area (Å²) in [5.74, 6) is 0.677. The van der Waals surface area contributed by atoms with Crippen LogP contribution in [0.2, 0.25) is 5.02 Å². The molecular formula is C18H19ClO. The van der Waals surface area contributed by atoms with Gasteiger partial charge in [-0.2, -0.15) is 0 Å². The largest absolute Gasteiger partial charge is 0.381 e. The van der Waals surface area contributed by atoms with E-state index in [0.29, 0.717) is 10.9 Å². The van der Waals surface area contributed by atoms with Crippen LogP contribution in [0.15, 0.2) is 48.5 Å². The fourth-order valence-corrected chi connectivity index (χ4v) is 2.90. The maximum atomic E-state index is 10.9. The van der Waals surface area contributed by atoms with Gasteiger partial charge in [0.15, 0.2) is 0 Å². The average Bonchev–Trinajstić information content (AvgIpc) is 2.37. The van der Waals surface area contributed by atoms with E-state index in [4.69, 9.17) is 11.6 Å². The normalized spacial score (nSPS) is 18.4. The molecule has 20 heavy (non-hydrogen) atoms. The van der Waals surface area contributed by atoms with E-state index in [1.54, 1.807) is 0 Å². The van der Waals surface area contributed by atoms with Crippen molar-refractivity contribution in [3.63, 3.8) is 0 Å². The Morgan fingerprint density at radius 1 is 1.05 bits per heavy atom. The second-order valence-corrected chi connectivity index (χ2v) is 6.27. The molecule has 0 aliphatic heterocycles. The molecular weight excluding hydrogens is 268 g/mol. The van der Waals surface area contributed by atoms with Crippen molar-refractivity contribution in [3.8, 4) is 0 Å². The van der Waals surface area contributed by atoms with Crippen molar-refractivity contribution < 1.29 is 5.11 Å². The molecule has 1 fully saturated rings. The van der Waals surface area contributed by atoms with E-state index in [1.165, 1.54) is 24.8 Å². The Morgan fingerprint density at radius 2 is 1.75 bits per heavy atom. The Morgan fingerprint density at radius 3 is 2.35 bits per heavy atom. The second-order valence-electron chi connectivity index (χ2n) is 5.83. The van der Waals surface area contributed by atoms with Crippen LogP contribution < -0.4 is 0 Å². The fourth-order valence-electron chi connectivity index (χ4n) is 2.78. The highest BCUT2D eigenvalue weighted by atomic mass is 35.5. The van der Waals surface area contributed by atoms with E-state index in [-0.39, 0.29) is 0 Å². The highest BCUT2D eigenvalue weighted by Gasteiger charge is 2.27. The van der Waals surface area contributed by atoms with Gasteiger partial charge in [0.2, 0.25) is 0 Å². The van der Waals surface area contributed by atoms with Crippen LogP contribution in [0.1, 0.15) is 48.8 Å². The van der Waals surface area contributed by atoms with Gasteiger partial charge in [-0.25, -0.2) is 0 Å². The van der Waals surface area contributed by atoms with E-state index in [2.05, 4.69) is 12.1 Å².